The highest BCUT2D eigenvalue weighted by Gasteiger charge is 2.41. The summed E-state index contributed by atoms with van der Waals surface area (Å²) < 4.78 is 0. The van der Waals surface area contributed by atoms with Gasteiger partial charge in [0, 0.05) is 0 Å². The molecule has 0 radical (unpaired) electrons. The summed E-state index contributed by atoms with van der Waals surface area (Å²) in [5, 5.41) is 6.44. The van der Waals surface area contributed by atoms with Crippen LogP contribution in [0.4, 0.5) is 0 Å². The van der Waals surface area contributed by atoms with Crippen molar-refractivity contribution in [1.82, 2.24) is 0 Å². The molecule has 0 nitrogen and oxygen atoms in total. The van der Waals surface area contributed by atoms with Crippen LogP contribution in [-0.2, 0) is 0 Å². The highest BCUT2D eigenvalue weighted by atomic mass is 31.1. The van der Waals surface area contributed by atoms with Crippen LogP contribution >= 0.6 is 15.8 Å². The molecule has 0 amide bonds. The molecule has 2 heteroatoms. The lowest BCUT2D eigenvalue weighted by Gasteiger charge is -2.45. The van der Waals surface area contributed by atoms with E-state index in [0.29, 0.717) is 5.16 Å². The molecule has 0 atom stereocenters. The molecule has 1 aliphatic rings. The van der Waals surface area contributed by atoms with Crippen molar-refractivity contribution in [2.75, 3.05) is 0 Å². The summed E-state index contributed by atoms with van der Waals surface area (Å²) in [7, 11) is -0.722. The Balaban J connectivity index is 1.44. The van der Waals surface area contributed by atoms with Gasteiger partial charge in [-0.2, -0.15) is 0 Å². The predicted molar refractivity (Wildman–Crippen MR) is 149 cm³/mol. The minimum absolute atomic E-state index is 0.331. The van der Waals surface area contributed by atoms with Gasteiger partial charge >= 0.3 is 0 Å². The lowest BCUT2D eigenvalue weighted by atomic mass is 9.89. The second-order valence-electron chi connectivity index (χ2n) is 9.28. The zero-order chi connectivity index (χ0) is 22.5. The van der Waals surface area contributed by atoms with Crippen LogP contribution in [0.5, 0.6) is 0 Å². The molecule has 0 spiro atoms. The summed E-state index contributed by atoms with van der Waals surface area (Å²) in [4.78, 5) is 0. The van der Waals surface area contributed by atoms with Gasteiger partial charge in [-0.3, -0.25) is 0 Å². The van der Waals surface area contributed by atoms with Gasteiger partial charge in [0.1, 0.15) is 0 Å². The van der Waals surface area contributed by atoms with E-state index in [1.165, 1.54) is 46.9 Å². The summed E-state index contributed by atoms with van der Waals surface area (Å²) >= 11 is 0. The number of rotatable bonds is 6. The van der Waals surface area contributed by atoms with Gasteiger partial charge in [0.2, 0.25) is 0 Å². The number of hydrogen-bond donors (Lipinski definition) is 0. The van der Waals surface area contributed by atoms with E-state index in [0.717, 1.165) is 5.66 Å². The Hall–Kier alpha value is -2.26. The van der Waals surface area contributed by atoms with Crippen LogP contribution in [0.1, 0.15) is 32.6 Å². The third kappa shape index (κ3) is 4.99. The topological polar surface area (TPSA) is 0 Å². The Morgan fingerprint density at radius 3 is 1.21 bits per heavy atom. The van der Waals surface area contributed by atoms with E-state index in [9.17, 15) is 0 Å². The van der Waals surface area contributed by atoms with E-state index >= 15 is 0 Å². The molecule has 0 unspecified atom stereocenters. The fraction of sp³-hybridized carbons (Fsp3) is 0.226. The van der Waals surface area contributed by atoms with Crippen molar-refractivity contribution in [3.63, 3.8) is 0 Å². The molecule has 0 heterocycles. The zero-order valence-corrected chi connectivity index (χ0v) is 21.1. The molecule has 166 valence electrons. The summed E-state index contributed by atoms with van der Waals surface area (Å²) in [6.07, 6.45) is 5.21. The van der Waals surface area contributed by atoms with Gasteiger partial charge in [-0.1, -0.05) is 128 Å². The maximum absolute atomic E-state index is 2.57. The monoisotopic (exact) mass is 466 g/mol. The molecule has 0 aliphatic heterocycles. The SMILES string of the molecule is CC1(P(c2ccccc2)c2ccccc2)CCC(P(c2ccccc2)c2ccccc2)CC1. The Labute approximate surface area is 201 Å². The van der Waals surface area contributed by atoms with Crippen LogP contribution in [-0.4, -0.2) is 10.8 Å². The molecule has 33 heavy (non-hydrogen) atoms. The number of hydrogen-bond acceptors (Lipinski definition) is 0. The van der Waals surface area contributed by atoms with Crippen LogP contribution < -0.4 is 21.2 Å². The first-order valence-corrected chi connectivity index (χ1v) is 14.8. The largest absolute Gasteiger partial charge is 0.0622 e. The molecule has 4 aromatic rings. The van der Waals surface area contributed by atoms with Crippen LogP contribution in [0.2, 0.25) is 0 Å². The van der Waals surface area contributed by atoms with Crippen molar-refractivity contribution in [3.8, 4) is 0 Å². The average Bonchev–Trinajstić information content (AvgIpc) is 2.88. The lowest BCUT2D eigenvalue weighted by molar-refractivity contribution is 0.424. The molecule has 1 saturated carbocycles. The van der Waals surface area contributed by atoms with Crippen LogP contribution in [0.3, 0.4) is 0 Å². The fourth-order valence-electron chi connectivity index (χ4n) is 5.38. The van der Waals surface area contributed by atoms with Crippen LogP contribution in [0, 0.1) is 0 Å². The maximum Gasteiger partial charge on any atom is -0.00421 e. The van der Waals surface area contributed by atoms with Crippen LogP contribution in [0.25, 0.3) is 0 Å². The highest BCUT2D eigenvalue weighted by molar-refractivity contribution is 7.74. The maximum atomic E-state index is 2.57. The van der Waals surface area contributed by atoms with Gasteiger partial charge in [0.15, 0.2) is 0 Å². The molecule has 1 fully saturated rings. The second kappa shape index (κ2) is 10.3. The molecular weight excluding hydrogens is 434 g/mol. The third-order valence-corrected chi connectivity index (χ3v) is 13.1. The normalized spacial score (nSPS) is 20.8. The van der Waals surface area contributed by atoms with Gasteiger partial charge in [0.05, 0.1) is 0 Å². The van der Waals surface area contributed by atoms with Gasteiger partial charge in [-0.15, -0.1) is 0 Å². The molecule has 4 aromatic carbocycles. The highest BCUT2D eigenvalue weighted by Crippen LogP contribution is 2.58. The van der Waals surface area contributed by atoms with Crippen molar-refractivity contribution in [2.45, 2.75) is 43.4 Å². The van der Waals surface area contributed by atoms with Crippen molar-refractivity contribution < 1.29 is 0 Å². The zero-order valence-electron chi connectivity index (χ0n) is 19.3. The molecule has 1 aliphatic carbocycles. The van der Waals surface area contributed by atoms with E-state index in [1.54, 1.807) is 0 Å². The average molecular weight is 467 g/mol. The van der Waals surface area contributed by atoms with Gasteiger partial charge in [0.25, 0.3) is 0 Å². The lowest BCUT2D eigenvalue weighted by Crippen LogP contribution is -2.38. The van der Waals surface area contributed by atoms with E-state index in [-0.39, 0.29) is 7.92 Å². The first-order chi connectivity index (χ1) is 16.2. The molecular formula is C31H32P2. The van der Waals surface area contributed by atoms with Gasteiger partial charge in [-0.05, 0) is 73.6 Å². The summed E-state index contributed by atoms with van der Waals surface area (Å²) in [6, 6.07) is 45.1. The summed E-state index contributed by atoms with van der Waals surface area (Å²) in [6.45, 7) is 2.57. The second-order valence-corrected chi connectivity index (χ2v) is 14.6. The Kier molecular flexibility index (Phi) is 7.06. The summed E-state index contributed by atoms with van der Waals surface area (Å²) in [5.41, 5.74) is 0.751. The smallest absolute Gasteiger partial charge is 0.00421 e. The predicted octanol–water partition coefficient (Wildman–Crippen LogP) is 6.95. The minimum Gasteiger partial charge on any atom is -0.0622 e. The van der Waals surface area contributed by atoms with Gasteiger partial charge in [-0.25, -0.2) is 0 Å². The van der Waals surface area contributed by atoms with E-state index in [4.69, 9.17) is 0 Å². The van der Waals surface area contributed by atoms with E-state index in [1.807, 2.05) is 0 Å². The molecule has 0 bridgehead atoms. The van der Waals surface area contributed by atoms with Crippen molar-refractivity contribution in [1.29, 1.82) is 0 Å². The standard InChI is InChI=1S/C31H32P2/c1-31(33(29-18-10-4-11-19-29)30-20-12-5-13-21-30)24-22-28(23-25-31)32(26-14-6-2-7-15-26)27-16-8-3-9-17-27/h2-21,28H,22-25H2,1H3. The van der Waals surface area contributed by atoms with E-state index < -0.39 is 7.92 Å². The first kappa shape index (κ1) is 22.5. The van der Waals surface area contributed by atoms with Crippen molar-refractivity contribution in [3.05, 3.63) is 121 Å². The van der Waals surface area contributed by atoms with E-state index in [2.05, 4.69) is 128 Å². The third-order valence-electron chi connectivity index (χ3n) is 7.03. The Bertz CT molecular complexity index is 1040. The molecule has 5 rings (SSSR count). The van der Waals surface area contributed by atoms with Gasteiger partial charge < -0.3 is 0 Å². The minimum atomic E-state index is -0.391. The summed E-state index contributed by atoms with van der Waals surface area (Å²) in [5.74, 6) is 0. The first-order valence-electron chi connectivity index (χ1n) is 12.0. The Morgan fingerprint density at radius 2 is 0.848 bits per heavy atom. The van der Waals surface area contributed by atoms with Crippen molar-refractivity contribution in [2.24, 2.45) is 0 Å². The Morgan fingerprint density at radius 1 is 0.515 bits per heavy atom. The van der Waals surface area contributed by atoms with Crippen LogP contribution in [0.15, 0.2) is 121 Å². The number of benzene rings is 4. The molecule has 0 N–H and O–H groups in total. The van der Waals surface area contributed by atoms with Crippen molar-refractivity contribution >= 4 is 37.1 Å². The quantitative estimate of drug-likeness (QED) is 0.270. The molecule has 0 aromatic heterocycles. The fourth-order valence-corrected chi connectivity index (χ4v) is 11.5. The molecule has 0 saturated heterocycles.